The van der Waals surface area contributed by atoms with E-state index in [1.54, 1.807) is 33.3 Å². The molecule has 2 rings (SSSR count). The first-order valence-electron chi connectivity index (χ1n) is 9.88. The van der Waals surface area contributed by atoms with Crippen molar-refractivity contribution in [3.8, 4) is 29.1 Å². The first-order valence-corrected chi connectivity index (χ1v) is 11.4. The van der Waals surface area contributed by atoms with Crippen LogP contribution < -0.4 is 14.2 Å². The van der Waals surface area contributed by atoms with Gasteiger partial charge in [0.05, 0.1) is 23.3 Å². The Morgan fingerprint density at radius 2 is 1.52 bits per heavy atom. The van der Waals surface area contributed by atoms with Crippen LogP contribution in [0.4, 0.5) is 0 Å². The summed E-state index contributed by atoms with van der Waals surface area (Å²) in [5, 5.41) is 0.684. The Kier molecular flexibility index (Phi) is 11.5. The molecule has 0 amide bonds. The highest BCUT2D eigenvalue weighted by atomic mass is 35.5. The fourth-order valence-electron chi connectivity index (χ4n) is 2.39. The maximum absolute atomic E-state index is 6.26. The van der Waals surface area contributed by atoms with E-state index < -0.39 is 5.79 Å². The van der Waals surface area contributed by atoms with Crippen LogP contribution in [-0.4, -0.2) is 39.8 Å². The van der Waals surface area contributed by atoms with Crippen LogP contribution in [0.15, 0.2) is 47.0 Å². The second kappa shape index (κ2) is 13.8. The van der Waals surface area contributed by atoms with E-state index in [0.29, 0.717) is 41.2 Å². The van der Waals surface area contributed by atoms with Crippen LogP contribution >= 0.6 is 46.4 Å². The summed E-state index contributed by atoms with van der Waals surface area (Å²) in [5.41, 5.74) is 0.824. The van der Waals surface area contributed by atoms with Crippen LogP contribution in [0.25, 0.3) is 0 Å². The summed E-state index contributed by atoms with van der Waals surface area (Å²) in [4.78, 5) is 0. The van der Waals surface area contributed by atoms with Crippen LogP contribution in [0.5, 0.6) is 17.2 Å². The standard InChI is InChI=1S/C24H24Cl4O5/c1-24(29-2,30-3)11-9-17-5-7-18(8-6-17)31-12-4-13-33-23-20(25)15-19(16-21(23)26)32-14-10-22(27)28/h5-8,10,15-16H,4,12-14H2,1-3H3. The maximum atomic E-state index is 6.26. The molecule has 0 aliphatic rings. The molecule has 0 N–H and O–H groups in total. The Morgan fingerprint density at radius 3 is 2.09 bits per heavy atom. The highest BCUT2D eigenvalue weighted by Crippen LogP contribution is 2.37. The lowest BCUT2D eigenvalue weighted by molar-refractivity contribution is -0.148. The van der Waals surface area contributed by atoms with Gasteiger partial charge in [-0.3, -0.25) is 0 Å². The molecule has 0 saturated carbocycles. The Hall–Kier alpha value is -1.78. The van der Waals surface area contributed by atoms with Gasteiger partial charge in [-0.05, 0) is 36.3 Å². The zero-order chi connectivity index (χ0) is 24.3. The molecule has 9 heteroatoms. The Bertz CT molecular complexity index is 965. The Balaban J connectivity index is 1.79. The SMILES string of the molecule is COC(C)(C#Cc1ccc(OCCCOc2c(Cl)cc(OCC=C(Cl)Cl)cc2Cl)cc1)OC. The van der Waals surface area contributed by atoms with Crippen LogP contribution in [0.2, 0.25) is 10.0 Å². The molecule has 0 spiro atoms. The highest BCUT2D eigenvalue weighted by Gasteiger charge is 2.18. The van der Waals surface area contributed by atoms with Gasteiger partial charge >= 0.3 is 0 Å². The summed E-state index contributed by atoms with van der Waals surface area (Å²) in [6, 6.07) is 10.7. The monoisotopic (exact) mass is 532 g/mol. The van der Waals surface area contributed by atoms with E-state index >= 15 is 0 Å². The topological polar surface area (TPSA) is 46.2 Å². The molecule has 0 aliphatic carbocycles. The molecule has 5 nitrogen and oxygen atoms in total. The zero-order valence-corrected chi connectivity index (χ0v) is 21.4. The van der Waals surface area contributed by atoms with Crippen molar-refractivity contribution in [3.63, 3.8) is 0 Å². The number of ether oxygens (including phenoxy) is 5. The molecule has 0 atom stereocenters. The summed E-state index contributed by atoms with van der Waals surface area (Å²) in [6.45, 7) is 2.78. The van der Waals surface area contributed by atoms with Gasteiger partial charge in [0, 0.05) is 45.3 Å². The van der Waals surface area contributed by atoms with Crippen molar-refractivity contribution in [3.05, 3.63) is 62.6 Å². The van der Waals surface area contributed by atoms with Gasteiger partial charge in [-0.25, -0.2) is 0 Å². The fraction of sp³-hybridized carbons (Fsp3) is 0.333. The van der Waals surface area contributed by atoms with Crippen molar-refractivity contribution in [2.24, 2.45) is 0 Å². The number of hydrogen-bond donors (Lipinski definition) is 0. The summed E-state index contributed by atoms with van der Waals surface area (Å²) >= 11 is 23.6. The largest absolute Gasteiger partial charge is 0.493 e. The minimum absolute atomic E-state index is 0.121. The van der Waals surface area contributed by atoms with E-state index in [2.05, 4.69) is 11.8 Å². The minimum Gasteiger partial charge on any atom is -0.493 e. The van der Waals surface area contributed by atoms with Crippen LogP contribution in [-0.2, 0) is 9.47 Å². The Labute approximate surface area is 214 Å². The molecular formula is C24H24Cl4O5. The lowest BCUT2D eigenvalue weighted by atomic mass is 10.2. The molecule has 0 aliphatic heterocycles. The zero-order valence-electron chi connectivity index (χ0n) is 18.4. The molecule has 0 heterocycles. The molecule has 0 fully saturated rings. The van der Waals surface area contributed by atoms with E-state index in [4.69, 9.17) is 70.1 Å². The van der Waals surface area contributed by atoms with Gasteiger partial charge in [0.2, 0.25) is 5.79 Å². The normalized spacial score (nSPS) is 10.8. The molecule has 0 saturated heterocycles. The lowest BCUT2D eigenvalue weighted by Crippen LogP contribution is -2.27. The maximum Gasteiger partial charge on any atom is 0.230 e. The van der Waals surface area contributed by atoms with Gasteiger partial charge in [0.1, 0.15) is 22.6 Å². The number of hydrogen-bond acceptors (Lipinski definition) is 5. The minimum atomic E-state index is -0.940. The average molecular weight is 534 g/mol. The third-order valence-electron chi connectivity index (χ3n) is 4.33. The molecule has 0 aromatic heterocycles. The van der Waals surface area contributed by atoms with E-state index in [-0.39, 0.29) is 11.1 Å². The van der Waals surface area contributed by atoms with Gasteiger partial charge < -0.3 is 23.7 Å². The van der Waals surface area contributed by atoms with Crippen LogP contribution in [0.3, 0.4) is 0 Å². The summed E-state index contributed by atoms with van der Waals surface area (Å²) < 4.78 is 27.5. The first kappa shape index (κ1) is 27.5. The van der Waals surface area contributed by atoms with Crippen molar-refractivity contribution in [1.82, 2.24) is 0 Å². The third-order valence-corrected chi connectivity index (χ3v) is 5.20. The number of rotatable bonds is 11. The van der Waals surface area contributed by atoms with Crippen LogP contribution in [0.1, 0.15) is 18.9 Å². The molecule has 0 unspecified atom stereocenters. The predicted molar refractivity (Wildman–Crippen MR) is 133 cm³/mol. The van der Waals surface area contributed by atoms with Gasteiger partial charge in [-0.1, -0.05) is 52.3 Å². The molecule has 0 bridgehead atoms. The van der Waals surface area contributed by atoms with E-state index in [0.717, 1.165) is 11.3 Å². The predicted octanol–water partition coefficient (Wildman–Crippen LogP) is 6.90. The molecule has 2 aromatic carbocycles. The quantitative estimate of drug-likeness (QED) is 0.178. The van der Waals surface area contributed by atoms with Gasteiger partial charge in [0.25, 0.3) is 0 Å². The summed E-state index contributed by atoms with van der Waals surface area (Å²) in [7, 11) is 3.09. The van der Waals surface area contributed by atoms with E-state index in [9.17, 15) is 0 Å². The number of benzene rings is 2. The van der Waals surface area contributed by atoms with E-state index in [1.165, 1.54) is 6.08 Å². The van der Waals surface area contributed by atoms with Crippen molar-refractivity contribution < 1.29 is 23.7 Å². The molecule has 33 heavy (non-hydrogen) atoms. The molecule has 178 valence electrons. The van der Waals surface area contributed by atoms with Gasteiger partial charge in [-0.2, -0.15) is 0 Å². The number of halogens is 4. The van der Waals surface area contributed by atoms with Crippen molar-refractivity contribution in [2.45, 2.75) is 19.1 Å². The smallest absolute Gasteiger partial charge is 0.230 e. The summed E-state index contributed by atoms with van der Waals surface area (Å²) in [6.07, 6.45) is 2.14. The molecular weight excluding hydrogens is 510 g/mol. The third kappa shape index (κ3) is 9.54. The lowest BCUT2D eigenvalue weighted by Gasteiger charge is -2.18. The second-order valence-electron chi connectivity index (χ2n) is 6.70. The van der Waals surface area contributed by atoms with Crippen molar-refractivity contribution >= 4 is 46.4 Å². The van der Waals surface area contributed by atoms with Crippen molar-refractivity contribution in [2.75, 3.05) is 34.0 Å². The first-order chi connectivity index (χ1) is 15.8. The molecule has 0 radical (unpaired) electrons. The van der Waals surface area contributed by atoms with Crippen molar-refractivity contribution in [1.29, 1.82) is 0 Å². The average Bonchev–Trinajstić information content (AvgIpc) is 2.79. The summed E-state index contributed by atoms with van der Waals surface area (Å²) in [5.74, 6) is 6.61. The second-order valence-corrected chi connectivity index (χ2v) is 8.52. The number of methoxy groups -OCH3 is 2. The Morgan fingerprint density at radius 1 is 0.909 bits per heavy atom. The van der Waals surface area contributed by atoms with Gasteiger partial charge in [0.15, 0.2) is 5.75 Å². The van der Waals surface area contributed by atoms with Crippen LogP contribution in [0, 0.1) is 11.8 Å². The fourth-order valence-corrected chi connectivity index (χ4v) is 3.09. The van der Waals surface area contributed by atoms with E-state index in [1.807, 2.05) is 24.3 Å². The highest BCUT2D eigenvalue weighted by molar-refractivity contribution is 6.55. The molecule has 2 aromatic rings. The van der Waals surface area contributed by atoms with Gasteiger partial charge in [-0.15, -0.1) is 0 Å².